The fourth-order valence-electron chi connectivity index (χ4n) is 4.63. The van der Waals surface area contributed by atoms with E-state index < -0.39 is 0 Å². The number of anilines is 1. The van der Waals surface area contributed by atoms with Gasteiger partial charge in [0, 0.05) is 30.0 Å². The molecule has 0 bridgehead atoms. The van der Waals surface area contributed by atoms with Gasteiger partial charge in [0.1, 0.15) is 6.07 Å². The van der Waals surface area contributed by atoms with Gasteiger partial charge in [-0.3, -0.25) is 14.5 Å². The van der Waals surface area contributed by atoms with Gasteiger partial charge in [0.25, 0.3) is 0 Å². The lowest BCUT2D eigenvalue weighted by molar-refractivity contribution is -0.121. The maximum atomic E-state index is 13.4. The first-order valence-corrected chi connectivity index (χ1v) is 9.95. The van der Waals surface area contributed by atoms with E-state index in [-0.39, 0.29) is 29.4 Å². The van der Waals surface area contributed by atoms with Gasteiger partial charge in [-0.1, -0.05) is 55.8 Å². The molecule has 146 valence electrons. The minimum absolute atomic E-state index is 0.0662. The van der Waals surface area contributed by atoms with Crippen molar-refractivity contribution in [3.8, 4) is 6.07 Å². The third kappa shape index (κ3) is 3.38. The van der Waals surface area contributed by atoms with Crippen molar-refractivity contribution in [1.82, 2.24) is 0 Å². The summed E-state index contributed by atoms with van der Waals surface area (Å²) in [6, 6.07) is 17.4. The van der Waals surface area contributed by atoms with Crippen molar-refractivity contribution in [2.75, 3.05) is 4.90 Å². The van der Waals surface area contributed by atoms with Gasteiger partial charge in [-0.15, -0.1) is 0 Å². The summed E-state index contributed by atoms with van der Waals surface area (Å²) < 4.78 is 0. The van der Waals surface area contributed by atoms with Crippen molar-refractivity contribution >= 4 is 17.4 Å². The Bertz CT molecular complexity index is 1090. The lowest BCUT2D eigenvalue weighted by Crippen LogP contribution is -2.44. The zero-order valence-electron chi connectivity index (χ0n) is 17.0. The van der Waals surface area contributed by atoms with E-state index in [4.69, 9.17) is 0 Å². The van der Waals surface area contributed by atoms with Crippen LogP contribution in [0.5, 0.6) is 0 Å². The standard InChI is InChI=1S/C25H24N2O2/c1-16-7-6-9-17(11-16)19-12-23(29)27(20-10-5-4-8-18(20)15-26)21-13-25(2,3)14-22(28)24(19)21/h4-11,19H,12-14H2,1-3H3. The van der Waals surface area contributed by atoms with E-state index in [2.05, 4.69) is 26.0 Å². The molecule has 1 atom stereocenters. The molecule has 2 aromatic carbocycles. The van der Waals surface area contributed by atoms with Crippen LogP contribution >= 0.6 is 0 Å². The average Bonchev–Trinajstić information content (AvgIpc) is 2.66. The molecule has 1 aliphatic carbocycles. The summed E-state index contributed by atoms with van der Waals surface area (Å²) in [4.78, 5) is 28.3. The fourth-order valence-corrected chi connectivity index (χ4v) is 4.63. The number of aryl methyl sites for hydroxylation is 1. The van der Waals surface area contributed by atoms with Crippen molar-refractivity contribution < 1.29 is 9.59 Å². The smallest absolute Gasteiger partial charge is 0.232 e. The van der Waals surface area contributed by atoms with Crippen LogP contribution in [0.25, 0.3) is 0 Å². The molecule has 4 nitrogen and oxygen atoms in total. The number of hydrogen-bond donors (Lipinski definition) is 0. The highest BCUT2D eigenvalue weighted by molar-refractivity contribution is 6.08. The molecule has 4 rings (SSSR count). The number of rotatable bonds is 2. The summed E-state index contributed by atoms with van der Waals surface area (Å²) in [5, 5.41) is 9.58. The van der Waals surface area contributed by atoms with Crippen LogP contribution in [0.15, 0.2) is 59.8 Å². The number of carbonyl (C=O) groups excluding carboxylic acids is 2. The Labute approximate surface area is 171 Å². The zero-order chi connectivity index (χ0) is 20.8. The van der Waals surface area contributed by atoms with Crippen molar-refractivity contribution in [3.63, 3.8) is 0 Å². The fraction of sp³-hybridized carbons (Fsp3) is 0.320. The second-order valence-electron chi connectivity index (χ2n) is 8.83. The first-order valence-electron chi connectivity index (χ1n) is 9.95. The predicted molar refractivity (Wildman–Crippen MR) is 112 cm³/mol. The predicted octanol–water partition coefficient (Wildman–Crippen LogP) is 5.03. The number of nitriles is 1. The molecule has 0 radical (unpaired) electrons. The molecule has 0 saturated heterocycles. The van der Waals surface area contributed by atoms with Crippen LogP contribution < -0.4 is 4.90 Å². The molecule has 0 aromatic heterocycles. The van der Waals surface area contributed by atoms with Gasteiger partial charge in [0.15, 0.2) is 5.78 Å². The van der Waals surface area contributed by atoms with Gasteiger partial charge in [-0.2, -0.15) is 5.26 Å². The van der Waals surface area contributed by atoms with Crippen LogP contribution in [-0.2, 0) is 9.59 Å². The van der Waals surface area contributed by atoms with Gasteiger partial charge < -0.3 is 0 Å². The largest absolute Gasteiger partial charge is 0.294 e. The van der Waals surface area contributed by atoms with Gasteiger partial charge in [0.2, 0.25) is 5.91 Å². The monoisotopic (exact) mass is 384 g/mol. The number of benzene rings is 2. The average molecular weight is 384 g/mol. The maximum Gasteiger partial charge on any atom is 0.232 e. The van der Waals surface area contributed by atoms with E-state index in [1.165, 1.54) is 0 Å². The van der Waals surface area contributed by atoms with Crippen molar-refractivity contribution in [1.29, 1.82) is 5.26 Å². The lowest BCUT2D eigenvalue weighted by Gasteiger charge is -2.43. The Morgan fingerprint density at radius 1 is 1.07 bits per heavy atom. The number of hydrogen-bond acceptors (Lipinski definition) is 3. The van der Waals surface area contributed by atoms with E-state index in [0.717, 1.165) is 22.4 Å². The molecular formula is C25H24N2O2. The Balaban J connectivity index is 1.94. The van der Waals surface area contributed by atoms with Gasteiger partial charge >= 0.3 is 0 Å². The highest BCUT2D eigenvalue weighted by Gasteiger charge is 2.44. The topological polar surface area (TPSA) is 61.2 Å². The molecule has 2 aliphatic rings. The molecule has 0 N–H and O–H groups in total. The van der Waals surface area contributed by atoms with Crippen LogP contribution in [0.4, 0.5) is 5.69 Å². The number of allylic oxidation sites excluding steroid dienone is 2. The van der Waals surface area contributed by atoms with E-state index in [1.54, 1.807) is 23.1 Å². The summed E-state index contributed by atoms with van der Waals surface area (Å²) in [5.41, 5.74) is 4.40. The Morgan fingerprint density at radius 2 is 1.83 bits per heavy atom. The molecule has 0 fully saturated rings. The molecular weight excluding hydrogens is 360 g/mol. The molecule has 0 saturated carbocycles. The Kier molecular flexibility index (Phi) is 4.62. The summed E-state index contributed by atoms with van der Waals surface area (Å²) in [6.45, 7) is 6.14. The van der Waals surface area contributed by atoms with Crippen molar-refractivity contribution in [2.24, 2.45) is 5.41 Å². The highest BCUT2D eigenvalue weighted by Crippen LogP contribution is 2.48. The molecule has 1 heterocycles. The molecule has 2 aromatic rings. The number of Topliss-reactive ketones (excluding diaryl/α,β-unsaturated/α-hetero) is 1. The van der Waals surface area contributed by atoms with Crippen molar-refractivity contribution in [2.45, 2.75) is 46.0 Å². The highest BCUT2D eigenvalue weighted by atomic mass is 16.2. The first-order chi connectivity index (χ1) is 13.8. The SMILES string of the molecule is Cc1cccc(C2CC(=O)N(c3ccccc3C#N)C3=C2C(=O)CC(C)(C)C3)c1. The molecule has 1 aliphatic heterocycles. The molecule has 29 heavy (non-hydrogen) atoms. The lowest BCUT2D eigenvalue weighted by atomic mass is 9.69. The minimum Gasteiger partial charge on any atom is -0.294 e. The van der Waals surface area contributed by atoms with E-state index >= 15 is 0 Å². The van der Waals surface area contributed by atoms with Gasteiger partial charge in [-0.25, -0.2) is 0 Å². The summed E-state index contributed by atoms with van der Waals surface area (Å²) in [6.07, 6.45) is 1.33. The number of carbonyl (C=O) groups is 2. The third-order valence-corrected chi connectivity index (χ3v) is 5.85. The van der Waals surface area contributed by atoms with E-state index in [9.17, 15) is 14.9 Å². The van der Waals surface area contributed by atoms with Crippen LogP contribution in [0, 0.1) is 23.7 Å². The number of nitrogens with zero attached hydrogens (tertiary/aromatic N) is 2. The zero-order valence-corrected chi connectivity index (χ0v) is 17.0. The molecule has 1 unspecified atom stereocenters. The van der Waals surface area contributed by atoms with Crippen LogP contribution in [0.3, 0.4) is 0 Å². The number of para-hydroxylation sites is 1. The Hall–Kier alpha value is -3.19. The van der Waals surface area contributed by atoms with Gasteiger partial charge in [-0.05, 0) is 36.5 Å². The Morgan fingerprint density at radius 3 is 2.55 bits per heavy atom. The summed E-state index contributed by atoms with van der Waals surface area (Å²) >= 11 is 0. The minimum atomic E-state index is -0.232. The van der Waals surface area contributed by atoms with E-state index in [1.807, 2.05) is 31.2 Å². The second-order valence-corrected chi connectivity index (χ2v) is 8.83. The maximum absolute atomic E-state index is 13.4. The van der Waals surface area contributed by atoms with Crippen LogP contribution in [0.1, 0.15) is 55.7 Å². The number of amides is 1. The summed E-state index contributed by atoms with van der Waals surface area (Å²) in [5.74, 6) is -0.190. The first kappa shape index (κ1) is 19.1. The second kappa shape index (κ2) is 7.00. The summed E-state index contributed by atoms with van der Waals surface area (Å²) in [7, 11) is 0. The number of ketones is 1. The van der Waals surface area contributed by atoms with Gasteiger partial charge in [0.05, 0.1) is 11.3 Å². The van der Waals surface area contributed by atoms with Crippen LogP contribution in [-0.4, -0.2) is 11.7 Å². The van der Waals surface area contributed by atoms with Crippen molar-refractivity contribution in [3.05, 3.63) is 76.5 Å². The molecule has 4 heteroatoms. The normalized spacial score (nSPS) is 21.0. The third-order valence-electron chi connectivity index (χ3n) is 5.85. The van der Waals surface area contributed by atoms with E-state index in [0.29, 0.717) is 24.1 Å². The van der Waals surface area contributed by atoms with Crippen LogP contribution in [0.2, 0.25) is 0 Å². The molecule has 0 spiro atoms. The quantitative estimate of drug-likeness (QED) is 0.729. The molecule has 1 amide bonds.